The highest BCUT2D eigenvalue weighted by molar-refractivity contribution is 5.85. The molecule has 4 nitrogen and oxygen atoms in total. The lowest BCUT2D eigenvalue weighted by molar-refractivity contribution is 0.340. The van der Waals surface area contributed by atoms with Gasteiger partial charge in [-0.1, -0.05) is 12.1 Å². The monoisotopic (exact) mass is 295 g/mol. The quantitative estimate of drug-likeness (QED) is 0.761. The number of hydrogen-bond acceptors (Lipinski definition) is 3. The molecule has 0 spiro atoms. The summed E-state index contributed by atoms with van der Waals surface area (Å²) < 4.78 is 7.58. The SMILES string of the molecule is CCOc1cccc(CNCCCn2ccnc2)c1.Cl. The van der Waals surface area contributed by atoms with Crippen LogP contribution >= 0.6 is 12.4 Å². The number of aryl methyl sites for hydroxylation is 1. The summed E-state index contributed by atoms with van der Waals surface area (Å²) in [5.74, 6) is 0.945. The van der Waals surface area contributed by atoms with E-state index >= 15 is 0 Å². The summed E-state index contributed by atoms with van der Waals surface area (Å²) in [5, 5.41) is 3.44. The Kier molecular flexibility index (Phi) is 7.77. The molecule has 0 fully saturated rings. The molecule has 0 bridgehead atoms. The van der Waals surface area contributed by atoms with Gasteiger partial charge in [0.1, 0.15) is 5.75 Å². The van der Waals surface area contributed by atoms with Gasteiger partial charge in [-0.2, -0.15) is 0 Å². The van der Waals surface area contributed by atoms with Crippen molar-refractivity contribution in [3.05, 3.63) is 48.5 Å². The minimum atomic E-state index is 0. The van der Waals surface area contributed by atoms with Crippen LogP contribution < -0.4 is 10.1 Å². The molecule has 0 aliphatic heterocycles. The van der Waals surface area contributed by atoms with E-state index in [0.29, 0.717) is 6.61 Å². The molecular weight excluding hydrogens is 274 g/mol. The molecule has 110 valence electrons. The van der Waals surface area contributed by atoms with Crippen LogP contribution in [0.25, 0.3) is 0 Å². The Hall–Kier alpha value is -1.52. The summed E-state index contributed by atoms with van der Waals surface area (Å²) in [6.45, 7) is 5.59. The van der Waals surface area contributed by atoms with Gasteiger partial charge in [0, 0.05) is 25.5 Å². The summed E-state index contributed by atoms with van der Waals surface area (Å²) in [6, 6.07) is 8.23. The summed E-state index contributed by atoms with van der Waals surface area (Å²) in [7, 11) is 0. The normalized spacial score (nSPS) is 10.1. The maximum absolute atomic E-state index is 5.48. The first-order chi connectivity index (χ1) is 9.38. The fourth-order valence-electron chi connectivity index (χ4n) is 1.95. The standard InChI is InChI=1S/C15H21N3O.ClH/c1-2-19-15-6-3-5-14(11-15)12-16-7-4-9-18-10-8-17-13-18;/h3,5-6,8,10-11,13,16H,2,4,7,9,12H2,1H3;1H. The summed E-state index contributed by atoms with van der Waals surface area (Å²) in [5.41, 5.74) is 1.26. The number of halogens is 1. The van der Waals surface area contributed by atoms with E-state index < -0.39 is 0 Å². The van der Waals surface area contributed by atoms with Crippen LogP contribution in [0.15, 0.2) is 43.0 Å². The van der Waals surface area contributed by atoms with Crippen LogP contribution in [-0.2, 0) is 13.1 Å². The fraction of sp³-hybridized carbons (Fsp3) is 0.400. The maximum atomic E-state index is 5.48. The summed E-state index contributed by atoms with van der Waals surface area (Å²) in [4.78, 5) is 4.02. The highest BCUT2D eigenvalue weighted by atomic mass is 35.5. The molecule has 0 atom stereocenters. The van der Waals surface area contributed by atoms with Gasteiger partial charge >= 0.3 is 0 Å². The molecule has 0 aliphatic rings. The summed E-state index contributed by atoms with van der Waals surface area (Å²) in [6.07, 6.45) is 6.76. The molecule has 0 radical (unpaired) electrons. The maximum Gasteiger partial charge on any atom is 0.119 e. The Bertz CT molecular complexity index is 474. The van der Waals surface area contributed by atoms with Gasteiger partial charge in [-0.15, -0.1) is 12.4 Å². The van der Waals surface area contributed by atoms with E-state index in [1.807, 2.05) is 37.8 Å². The van der Waals surface area contributed by atoms with Gasteiger partial charge in [0.25, 0.3) is 0 Å². The highest BCUT2D eigenvalue weighted by Gasteiger charge is 1.96. The van der Waals surface area contributed by atoms with E-state index in [4.69, 9.17) is 4.74 Å². The van der Waals surface area contributed by atoms with Crippen molar-refractivity contribution in [3.63, 3.8) is 0 Å². The minimum Gasteiger partial charge on any atom is -0.494 e. The van der Waals surface area contributed by atoms with Crippen molar-refractivity contribution in [1.82, 2.24) is 14.9 Å². The van der Waals surface area contributed by atoms with Crippen molar-refractivity contribution in [3.8, 4) is 5.75 Å². The van der Waals surface area contributed by atoms with E-state index in [9.17, 15) is 0 Å². The predicted molar refractivity (Wildman–Crippen MR) is 83.4 cm³/mol. The fourth-order valence-corrected chi connectivity index (χ4v) is 1.95. The van der Waals surface area contributed by atoms with Crippen molar-refractivity contribution in [2.75, 3.05) is 13.2 Å². The third-order valence-corrected chi connectivity index (χ3v) is 2.87. The smallest absolute Gasteiger partial charge is 0.119 e. The Labute approximate surface area is 126 Å². The number of hydrogen-bond donors (Lipinski definition) is 1. The largest absolute Gasteiger partial charge is 0.494 e. The zero-order chi connectivity index (χ0) is 13.3. The zero-order valence-corrected chi connectivity index (χ0v) is 12.6. The van der Waals surface area contributed by atoms with E-state index in [1.54, 1.807) is 0 Å². The second-order valence-electron chi connectivity index (χ2n) is 4.41. The molecule has 2 aromatic rings. The first kappa shape index (κ1) is 16.5. The van der Waals surface area contributed by atoms with Crippen molar-refractivity contribution >= 4 is 12.4 Å². The average Bonchev–Trinajstić information content (AvgIpc) is 2.92. The Morgan fingerprint density at radius 3 is 3.00 bits per heavy atom. The molecule has 1 N–H and O–H groups in total. The number of ether oxygens (including phenoxy) is 1. The lowest BCUT2D eigenvalue weighted by atomic mass is 10.2. The van der Waals surface area contributed by atoms with Crippen molar-refractivity contribution in [2.24, 2.45) is 0 Å². The van der Waals surface area contributed by atoms with Gasteiger partial charge in [0.05, 0.1) is 12.9 Å². The number of imidazole rings is 1. The lowest BCUT2D eigenvalue weighted by Gasteiger charge is -2.08. The third-order valence-electron chi connectivity index (χ3n) is 2.87. The van der Waals surface area contributed by atoms with Crippen LogP contribution in [0.4, 0.5) is 0 Å². The van der Waals surface area contributed by atoms with Gasteiger partial charge < -0.3 is 14.6 Å². The number of nitrogens with zero attached hydrogens (tertiary/aromatic N) is 2. The zero-order valence-electron chi connectivity index (χ0n) is 11.8. The van der Waals surface area contributed by atoms with Crippen molar-refractivity contribution < 1.29 is 4.74 Å². The Morgan fingerprint density at radius 1 is 1.35 bits per heavy atom. The molecule has 0 aliphatic carbocycles. The molecule has 0 unspecified atom stereocenters. The van der Waals surface area contributed by atoms with Crippen LogP contribution in [0.3, 0.4) is 0 Å². The van der Waals surface area contributed by atoms with Gasteiger partial charge in [-0.3, -0.25) is 0 Å². The molecule has 1 aromatic carbocycles. The lowest BCUT2D eigenvalue weighted by Crippen LogP contribution is -2.16. The molecule has 0 saturated heterocycles. The van der Waals surface area contributed by atoms with Crippen LogP contribution in [-0.4, -0.2) is 22.7 Å². The Balaban J connectivity index is 0.00000200. The molecular formula is C15H22ClN3O. The van der Waals surface area contributed by atoms with E-state index in [2.05, 4.69) is 27.0 Å². The summed E-state index contributed by atoms with van der Waals surface area (Å²) >= 11 is 0. The second-order valence-corrected chi connectivity index (χ2v) is 4.41. The van der Waals surface area contributed by atoms with Crippen LogP contribution in [0.1, 0.15) is 18.9 Å². The van der Waals surface area contributed by atoms with Crippen LogP contribution in [0.2, 0.25) is 0 Å². The molecule has 0 amide bonds. The third kappa shape index (κ3) is 5.63. The van der Waals surface area contributed by atoms with Crippen LogP contribution in [0, 0.1) is 0 Å². The molecule has 20 heavy (non-hydrogen) atoms. The van der Waals surface area contributed by atoms with E-state index in [0.717, 1.165) is 31.8 Å². The van der Waals surface area contributed by atoms with Crippen molar-refractivity contribution in [1.29, 1.82) is 0 Å². The van der Waals surface area contributed by atoms with E-state index in [-0.39, 0.29) is 12.4 Å². The van der Waals surface area contributed by atoms with Gasteiger partial charge in [-0.25, -0.2) is 4.98 Å². The number of nitrogens with one attached hydrogen (secondary N) is 1. The molecule has 1 heterocycles. The number of benzene rings is 1. The number of rotatable bonds is 8. The van der Waals surface area contributed by atoms with Crippen molar-refractivity contribution in [2.45, 2.75) is 26.4 Å². The molecule has 2 rings (SSSR count). The average molecular weight is 296 g/mol. The Morgan fingerprint density at radius 2 is 2.25 bits per heavy atom. The molecule has 1 aromatic heterocycles. The highest BCUT2D eigenvalue weighted by Crippen LogP contribution is 2.12. The van der Waals surface area contributed by atoms with E-state index in [1.165, 1.54) is 5.56 Å². The topological polar surface area (TPSA) is 39.1 Å². The molecule has 0 saturated carbocycles. The number of aromatic nitrogens is 2. The van der Waals surface area contributed by atoms with Crippen LogP contribution in [0.5, 0.6) is 5.75 Å². The minimum absolute atomic E-state index is 0. The predicted octanol–water partition coefficient (Wildman–Crippen LogP) is 2.88. The first-order valence-electron chi connectivity index (χ1n) is 6.76. The molecule has 5 heteroatoms. The van der Waals surface area contributed by atoms with Gasteiger partial charge in [-0.05, 0) is 37.6 Å². The first-order valence-corrected chi connectivity index (χ1v) is 6.76. The van der Waals surface area contributed by atoms with Gasteiger partial charge in [0.2, 0.25) is 0 Å². The second kappa shape index (κ2) is 9.39. The van der Waals surface area contributed by atoms with Gasteiger partial charge in [0.15, 0.2) is 0 Å².